The number of sulfone groups is 1. The molecule has 2 aromatic carbocycles. The second kappa shape index (κ2) is 11.7. The molecule has 1 amide bonds. The lowest BCUT2D eigenvalue weighted by Crippen LogP contribution is -2.23. The minimum atomic E-state index is -3.48. The van der Waals surface area contributed by atoms with E-state index in [1.807, 2.05) is 13.0 Å². The van der Waals surface area contributed by atoms with Crippen LogP contribution in [0.3, 0.4) is 0 Å². The number of hydrogen-bond donors (Lipinski definition) is 1. The maximum Gasteiger partial charge on any atom is 0.227 e. The van der Waals surface area contributed by atoms with Gasteiger partial charge in [-0.05, 0) is 61.2 Å². The number of pyridine rings is 1. The van der Waals surface area contributed by atoms with E-state index >= 15 is 0 Å². The molecule has 3 rings (SSSR count). The molecular weight excluding hydrogens is 452 g/mol. The molecule has 0 saturated carbocycles. The first kappa shape index (κ1) is 25.2. The van der Waals surface area contributed by atoms with E-state index in [4.69, 9.17) is 9.47 Å². The summed E-state index contributed by atoms with van der Waals surface area (Å²) in [5.74, 6) is 0.408. The number of nitrogens with zero attached hydrogens (tertiary/aromatic N) is 1. The Balaban J connectivity index is 1.85. The Bertz CT molecular complexity index is 1180. The number of carbonyl (C=O) groups is 1. The Hall–Kier alpha value is -3.39. The Morgan fingerprint density at radius 1 is 1.03 bits per heavy atom. The van der Waals surface area contributed by atoms with Gasteiger partial charge in [0.05, 0.1) is 36.8 Å². The van der Waals surface area contributed by atoms with Gasteiger partial charge in [-0.15, -0.1) is 0 Å². The average Bonchev–Trinajstić information content (AvgIpc) is 2.87. The van der Waals surface area contributed by atoms with Gasteiger partial charge in [0.25, 0.3) is 0 Å². The van der Waals surface area contributed by atoms with E-state index in [0.29, 0.717) is 30.0 Å². The van der Waals surface area contributed by atoms with E-state index in [2.05, 4.69) is 10.3 Å². The number of nitrogens with one attached hydrogen (secondary N) is 1. The summed E-state index contributed by atoms with van der Waals surface area (Å²) >= 11 is 0. The molecule has 7 nitrogen and oxygen atoms in total. The summed E-state index contributed by atoms with van der Waals surface area (Å²) in [4.78, 5) is 17.2. The summed E-state index contributed by atoms with van der Waals surface area (Å²) in [6.45, 7) is 1.83. The van der Waals surface area contributed by atoms with Gasteiger partial charge in [0.2, 0.25) is 5.91 Å². The van der Waals surface area contributed by atoms with Gasteiger partial charge in [-0.1, -0.05) is 25.1 Å². The first-order chi connectivity index (χ1) is 16.3. The molecule has 3 aromatic rings. The first-order valence-corrected chi connectivity index (χ1v) is 12.7. The van der Waals surface area contributed by atoms with Crippen LogP contribution in [-0.4, -0.2) is 39.3 Å². The fourth-order valence-corrected chi connectivity index (χ4v) is 5.24. The van der Waals surface area contributed by atoms with E-state index in [0.717, 1.165) is 5.56 Å². The molecule has 180 valence electrons. The second-order valence-electron chi connectivity index (χ2n) is 8.09. The van der Waals surface area contributed by atoms with Crippen LogP contribution in [-0.2, 0) is 14.6 Å². The number of aromatic nitrogens is 1. The third-order valence-corrected chi connectivity index (χ3v) is 7.49. The van der Waals surface area contributed by atoms with Crippen LogP contribution < -0.4 is 14.8 Å². The fraction of sp³-hybridized carbons (Fsp3) is 0.308. The van der Waals surface area contributed by atoms with Crippen molar-refractivity contribution >= 4 is 21.4 Å². The van der Waals surface area contributed by atoms with Crippen LogP contribution in [0.2, 0.25) is 0 Å². The van der Waals surface area contributed by atoms with E-state index in [9.17, 15) is 13.2 Å². The zero-order valence-electron chi connectivity index (χ0n) is 19.6. The zero-order valence-corrected chi connectivity index (χ0v) is 20.4. The molecule has 8 heteroatoms. The van der Waals surface area contributed by atoms with E-state index in [1.54, 1.807) is 81.2 Å². The molecule has 0 fully saturated rings. The summed E-state index contributed by atoms with van der Waals surface area (Å²) in [7, 11) is -0.339. The molecule has 34 heavy (non-hydrogen) atoms. The van der Waals surface area contributed by atoms with Gasteiger partial charge < -0.3 is 14.8 Å². The van der Waals surface area contributed by atoms with E-state index in [-0.39, 0.29) is 28.4 Å². The summed E-state index contributed by atoms with van der Waals surface area (Å²) in [5, 5.41) is 2.87. The number of anilines is 1. The molecular formula is C26H30N2O5S. The number of rotatable bonds is 11. The Morgan fingerprint density at radius 3 is 2.44 bits per heavy atom. The number of hydrogen-bond acceptors (Lipinski definition) is 6. The van der Waals surface area contributed by atoms with Crippen molar-refractivity contribution in [3.8, 4) is 11.5 Å². The van der Waals surface area contributed by atoms with Crippen LogP contribution in [0.1, 0.15) is 31.2 Å². The lowest BCUT2D eigenvalue weighted by atomic mass is 9.86. The zero-order chi connectivity index (χ0) is 24.6. The SMILES string of the molecule is COc1ccc(OC)c(C(CCS(=O)(=O)c2ccccc2)CC(C)C(=O)Nc2cccnc2)c1. The molecule has 0 aliphatic rings. The Labute approximate surface area is 201 Å². The van der Waals surface area contributed by atoms with Gasteiger partial charge in [-0.25, -0.2) is 8.42 Å². The molecule has 0 aliphatic heterocycles. The Kier molecular flexibility index (Phi) is 8.65. The number of benzene rings is 2. The third kappa shape index (κ3) is 6.57. The highest BCUT2D eigenvalue weighted by molar-refractivity contribution is 7.91. The summed E-state index contributed by atoms with van der Waals surface area (Å²) in [6.07, 6.45) is 3.97. The highest BCUT2D eigenvalue weighted by atomic mass is 32.2. The van der Waals surface area contributed by atoms with Gasteiger partial charge in [-0.3, -0.25) is 9.78 Å². The fourth-order valence-electron chi connectivity index (χ4n) is 3.84. The molecule has 0 bridgehead atoms. The van der Waals surface area contributed by atoms with E-state index in [1.165, 1.54) is 0 Å². The summed E-state index contributed by atoms with van der Waals surface area (Å²) < 4.78 is 36.9. The van der Waals surface area contributed by atoms with Crippen LogP contribution in [0.15, 0.2) is 78.0 Å². The van der Waals surface area contributed by atoms with Crippen molar-refractivity contribution in [3.63, 3.8) is 0 Å². The third-order valence-electron chi connectivity index (χ3n) is 5.73. The topological polar surface area (TPSA) is 94.6 Å². The summed E-state index contributed by atoms with van der Waals surface area (Å²) in [6, 6.07) is 17.4. The Morgan fingerprint density at radius 2 is 1.79 bits per heavy atom. The van der Waals surface area contributed by atoms with Gasteiger partial charge >= 0.3 is 0 Å². The van der Waals surface area contributed by atoms with Gasteiger partial charge in [-0.2, -0.15) is 0 Å². The predicted octanol–water partition coefficient (Wildman–Crippen LogP) is 4.71. The molecule has 2 atom stereocenters. The van der Waals surface area contributed by atoms with Crippen molar-refractivity contribution in [1.82, 2.24) is 4.98 Å². The lowest BCUT2D eigenvalue weighted by molar-refractivity contribution is -0.119. The molecule has 1 aromatic heterocycles. The summed E-state index contributed by atoms with van der Waals surface area (Å²) in [5.41, 5.74) is 1.42. The monoisotopic (exact) mass is 482 g/mol. The van der Waals surface area contributed by atoms with Crippen molar-refractivity contribution in [2.45, 2.75) is 30.6 Å². The van der Waals surface area contributed by atoms with Crippen LogP contribution in [0.5, 0.6) is 11.5 Å². The van der Waals surface area contributed by atoms with E-state index < -0.39 is 9.84 Å². The second-order valence-corrected chi connectivity index (χ2v) is 10.2. The van der Waals surface area contributed by atoms with Gasteiger partial charge in [0.15, 0.2) is 9.84 Å². The first-order valence-electron chi connectivity index (χ1n) is 11.0. The van der Waals surface area contributed by atoms with Crippen LogP contribution in [0, 0.1) is 5.92 Å². The average molecular weight is 483 g/mol. The maximum atomic E-state index is 13.0. The van der Waals surface area contributed by atoms with Crippen LogP contribution >= 0.6 is 0 Å². The number of methoxy groups -OCH3 is 2. The van der Waals surface area contributed by atoms with Gasteiger partial charge in [0, 0.05) is 17.7 Å². The quantitative estimate of drug-likeness (QED) is 0.425. The van der Waals surface area contributed by atoms with Crippen molar-refractivity contribution < 1.29 is 22.7 Å². The molecule has 1 heterocycles. The molecule has 0 saturated heterocycles. The normalized spacial score (nSPS) is 13.0. The van der Waals surface area contributed by atoms with Crippen molar-refractivity contribution in [1.29, 1.82) is 0 Å². The maximum absolute atomic E-state index is 13.0. The van der Waals surface area contributed by atoms with Crippen LogP contribution in [0.4, 0.5) is 5.69 Å². The van der Waals surface area contributed by atoms with Crippen molar-refractivity contribution in [2.75, 3.05) is 25.3 Å². The van der Waals surface area contributed by atoms with Crippen LogP contribution in [0.25, 0.3) is 0 Å². The molecule has 0 radical (unpaired) electrons. The molecule has 0 spiro atoms. The predicted molar refractivity (Wildman–Crippen MR) is 132 cm³/mol. The van der Waals surface area contributed by atoms with Gasteiger partial charge in [0.1, 0.15) is 11.5 Å². The number of ether oxygens (including phenoxy) is 2. The smallest absolute Gasteiger partial charge is 0.227 e. The highest BCUT2D eigenvalue weighted by Crippen LogP contribution is 2.37. The van der Waals surface area contributed by atoms with Crippen molar-refractivity contribution in [3.05, 3.63) is 78.6 Å². The largest absolute Gasteiger partial charge is 0.497 e. The molecule has 0 aliphatic carbocycles. The minimum absolute atomic E-state index is 0.0566. The molecule has 2 unspecified atom stereocenters. The minimum Gasteiger partial charge on any atom is -0.497 e. The standard InChI is InChI=1S/C26H30N2O5S/c1-19(26(29)28-21-8-7-14-27-18-21)16-20(24-17-22(32-2)11-12-25(24)33-3)13-15-34(30,31)23-9-5-4-6-10-23/h4-12,14,17-20H,13,15-16H2,1-3H3,(H,28,29). The lowest BCUT2D eigenvalue weighted by Gasteiger charge is -2.23. The number of amides is 1. The van der Waals surface area contributed by atoms with Crippen molar-refractivity contribution in [2.24, 2.45) is 5.92 Å². The number of carbonyl (C=O) groups excluding carboxylic acids is 1. The highest BCUT2D eigenvalue weighted by Gasteiger charge is 2.26. The molecule has 1 N–H and O–H groups in total.